The number of benzene rings is 2. The van der Waals surface area contributed by atoms with Crippen LogP contribution in [0.5, 0.6) is 17.2 Å². The third-order valence-corrected chi connectivity index (χ3v) is 5.39. The maximum Gasteiger partial charge on any atom is 0.258 e. The van der Waals surface area contributed by atoms with Crippen LogP contribution in [0.25, 0.3) is 0 Å². The van der Waals surface area contributed by atoms with E-state index in [9.17, 15) is 14.9 Å². The zero-order chi connectivity index (χ0) is 23.5. The van der Waals surface area contributed by atoms with Gasteiger partial charge in [-0.25, -0.2) is 0 Å². The van der Waals surface area contributed by atoms with Crippen LogP contribution in [0.2, 0.25) is 0 Å². The first-order valence-corrected chi connectivity index (χ1v) is 9.96. The first-order chi connectivity index (χ1) is 16.0. The Morgan fingerprint density at radius 1 is 1.00 bits per heavy atom. The predicted octanol–water partition coefficient (Wildman–Crippen LogP) is 2.76. The number of nitrogens with one attached hydrogen (secondary N) is 3. The van der Waals surface area contributed by atoms with Crippen molar-refractivity contribution in [1.82, 2.24) is 9.97 Å². The van der Waals surface area contributed by atoms with Gasteiger partial charge in [0.25, 0.3) is 5.56 Å². The second kappa shape index (κ2) is 8.92. The number of hydrogen-bond donors (Lipinski definition) is 3. The Kier molecular flexibility index (Phi) is 5.87. The van der Waals surface area contributed by atoms with Crippen LogP contribution in [-0.2, 0) is 4.79 Å². The molecule has 0 bridgehead atoms. The molecule has 1 aliphatic rings. The van der Waals surface area contributed by atoms with Gasteiger partial charge in [-0.1, -0.05) is 0 Å². The van der Waals surface area contributed by atoms with Crippen molar-refractivity contribution < 1.29 is 19.0 Å². The van der Waals surface area contributed by atoms with E-state index in [0.29, 0.717) is 28.5 Å². The molecule has 10 heteroatoms. The number of carbonyl (C=O) groups is 1. The molecule has 2 atom stereocenters. The first kappa shape index (κ1) is 21.7. The van der Waals surface area contributed by atoms with Gasteiger partial charge >= 0.3 is 0 Å². The van der Waals surface area contributed by atoms with Crippen molar-refractivity contribution in [1.29, 1.82) is 5.26 Å². The minimum absolute atomic E-state index is 0.0705. The molecule has 2 aromatic carbocycles. The Bertz CT molecular complexity index is 1300. The number of anilines is 3. The average Bonchev–Trinajstić information content (AvgIpc) is 2.83. The molecule has 2 heterocycles. The Morgan fingerprint density at radius 3 is 2.33 bits per heavy atom. The first-order valence-electron chi connectivity index (χ1n) is 9.96. The van der Waals surface area contributed by atoms with Crippen LogP contribution >= 0.6 is 0 Å². The number of aromatic amines is 1. The molecule has 0 fully saturated rings. The summed E-state index contributed by atoms with van der Waals surface area (Å²) in [5.41, 5.74) is 0.795. The molecule has 0 radical (unpaired) electrons. The molecule has 33 heavy (non-hydrogen) atoms. The number of methoxy groups -OCH3 is 3. The summed E-state index contributed by atoms with van der Waals surface area (Å²) in [5.74, 6) is -0.835. The Balaban J connectivity index is 1.82. The van der Waals surface area contributed by atoms with Gasteiger partial charge < -0.3 is 24.8 Å². The van der Waals surface area contributed by atoms with E-state index in [2.05, 4.69) is 20.6 Å². The quantitative estimate of drug-likeness (QED) is 0.524. The minimum atomic E-state index is -1.16. The van der Waals surface area contributed by atoms with Gasteiger partial charge in [-0.05, 0) is 42.5 Å². The van der Waals surface area contributed by atoms with Gasteiger partial charge in [-0.2, -0.15) is 10.2 Å². The molecule has 0 aliphatic carbocycles. The minimum Gasteiger partial charge on any atom is -0.497 e. The SMILES string of the molecule is COc1ccc(Nc2nc3c(c(=O)[nH]2)[C@@H](c2cc(OC)ccc2OC)[C@@H](C#N)C(=O)N3)cc1. The molecule has 1 aliphatic heterocycles. The summed E-state index contributed by atoms with van der Waals surface area (Å²) < 4.78 is 15.9. The molecular weight excluding hydrogens is 426 g/mol. The number of H-pyrrole nitrogens is 1. The summed E-state index contributed by atoms with van der Waals surface area (Å²) in [4.78, 5) is 33.1. The second-order valence-electron chi connectivity index (χ2n) is 7.21. The van der Waals surface area contributed by atoms with Crippen molar-refractivity contribution in [2.75, 3.05) is 32.0 Å². The molecule has 0 saturated heterocycles. The summed E-state index contributed by atoms with van der Waals surface area (Å²) >= 11 is 0. The molecule has 0 saturated carbocycles. The average molecular weight is 447 g/mol. The number of carbonyl (C=O) groups excluding carboxylic acids is 1. The van der Waals surface area contributed by atoms with Gasteiger partial charge in [0.2, 0.25) is 11.9 Å². The second-order valence-corrected chi connectivity index (χ2v) is 7.21. The van der Waals surface area contributed by atoms with E-state index >= 15 is 0 Å². The monoisotopic (exact) mass is 447 g/mol. The van der Waals surface area contributed by atoms with Crippen LogP contribution in [0.15, 0.2) is 47.3 Å². The van der Waals surface area contributed by atoms with Crippen LogP contribution in [0.1, 0.15) is 17.0 Å². The zero-order valence-electron chi connectivity index (χ0n) is 18.1. The number of ether oxygens (including phenoxy) is 3. The summed E-state index contributed by atoms with van der Waals surface area (Å²) in [6.07, 6.45) is 0. The van der Waals surface area contributed by atoms with Gasteiger partial charge in [0.15, 0.2) is 0 Å². The standard InChI is InChI=1S/C23H21N5O5/c1-31-13-6-4-12(5-7-13)25-23-27-20-19(22(30)28-23)18(16(11-24)21(29)26-20)15-10-14(32-2)8-9-17(15)33-3/h4-10,16,18H,1-3H3,(H3,25,26,27,28,29,30)/t16-,18+/m1/s1. The lowest BCUT2D eigenvalue weighted by Crippen LogP contribution is -2.38. The predicted molar refractivity (Wildman–Crippen MR) is 120 cm³/mol. The van der Waals surface area contributed by atoms with E-state index < -0.39 is 23.3 Å². The fourth-order valence-corrected chi connectivity index (χ4v) is 3.80. The molecule has 0 spiro atoms. The topological polar surface area (TPSA) is 138 Å². The fourth-order valence-electron chi connectivity index (χ4n) is 3.80. The van der Waals surface area contributed by atoms with E-state index in [1.54, 1.807) is 49.6 Å². The number of fused-ring (bicyclic) bond motifs is 1. The number of hydrogen-bond acceptors (Lipinski definition) is 8. The molecule has 10 nitrogen and oxygen atoms in total. The molecule has 0 unspecified atom stereocenters. The maximum atomic E-state index is 13.2. The highest BCUT2D eigenvalue weighted by atomic mass is 16.5. The van der Waals surface area contributed by atoms with Crippen LogP contribution in [-0.4, -0.2) is 37.2 Å². The van der Waals surface area contributed by atoms with Crippen LogP contribution < -0.4 is 30.4 Å². The van der Waals surface area contributed by atoms with Gasteiger partial charge in [0.1, 0.15) is 29.0 Å². The highest BCUT2D eigenvalue weighted by molar-refractivity contribution is 5.98. The summed E-state index contributed by atoms with van der Waals surface area (Å²) in [6.45, 7) is 0. The number of amides is 1. The van der Waals surface area contributed by atoms with E-state index in [1.165, 1.54) is 14.2 Å². The largest absolute Gasteiger partial charge is 0.497 e. The number of rotatable bonds is 6. The number of aromatic nitrogens is 2. The number of nitriles is 1. The lowest BCUT2D eigenvalue weighted by atomic mass is 9.78. The van der Waals surface area contributed by atoms with E-state index in [0.717, 1.165) is 0 Å². The fraction of sp³-hybridized carbons (Fsp3) is 0.217. The van der Waals surface area contributed by atoms with Crippen molar-refractivity contribution in [3.63, 3.8) is 0 Å². The van der Waals surface area contributed by atoms with Gasteiger partial charge in [-0.15, -0.1) is 0 Å². The lowest BCUT2D eigenvalue weighted by Gasteiger charge is -2.29. The Morgan fingerprint density at radius 2 is 1.70 bits per heavy atom. The summed E-state index contributed by atoms with van der Waals surface area (Å²) in [6, 6.07) is 14.0. The molecule has 1 amide bonds. The highest BCUT2D eigenvalue weighted by Gasteiger charge is 2.41. The van der Waals surface area contributed by atoms with Crippen molar-refractivity contribution in [3.05, 3.63) is 63.9 Å². The molecular formula is C23H21N5O5. The molecule has 3 N–H and O–H groups in total. The van der Waals surface area contributed by atoms with E-state index in [1.807, 2.05) is 6.07 Å². The molecule has 3 aromatic rings. The van der Waals surface area contributed by atoms with Crippen LogP contribution in [0.4, 0.5) is 17.5 Å². The van der Waals surface area contributed by atoms with E-state index in [-0.39, 0.29) is 17.3 Å². The molecule has 4 rings (SSSR count). The van der Waals surface area contributed by atoms with Crippen LogP contribution in [0.3, 0.4) is 0 Å². The maximum absolute atomic E-state index is 13.2. The highest BCUT2D eigenvalue weighted by Crippen LogP contribution is 2.43. The van der Waals surface area contributed by atoms with Gasteiger partial charge in [0, 0.05) is 17.2 Å². The summed E-state index contributed by atoms with van der Waals surface area (Å²) in [7, 11) is 4.54. The van der Waals surface area contributed by atoms with E-state index in [4.69, 9.17) is 14.2 Å². The number of nitrogens with zero attached hydrogens (tertiary/aromatic N) is 2. The van der Waals surface area contributed by atoms with Crippen molar-refractivity contribution in [3.8, 4) is 23.3 Å². The lowest BCUT2D eigenvalue weighted by molar-refractivity contribution is -0.119. The third kappa shape index (κ3) is 4.04. The van der Waals surface area contributed by atoms with Crippen molar-refractivity contribution in [2.45, 2.75) is 5.92 Å². The van der Waals surface area contributed by atoms with Gasteiger partial charge in [0.05, 0.1) is 33.0 Å². The zero-order valence-corrected chi connectivity index (χ0v) is 18.1. The molecule has 168 valence electrons. The van der Waals surface area contributed by atoms with Crippen LogP contribution in [0, 0.1) is 17.2 Å². The normalized spacial score (nSPS) is 16.7. The van der Waals surface area contributed by atoms with Gasteiger partial charge in [-0.3, -0.25) is 14.6 Å². The summed E-state index contributed by atoms with van der Waals surface area (Å²) in [5, 5.41) is 15.3. The smallest absolute Gasteiger partial charge is 0.258 e. The van der Waals surface area contributed by atoms with Crippen molar-refractivity contribution >= 4 is 23.4 Å². The molecule has 1 aromatic heterocycles. The van der Waals surface area contributed by atoms with Crippen molar-refractivity contribution in [2.24, 2.45) is 5.92 Å². The Hall–Kier alpha value is -4.52. The Labute approximate surface area is 189 Å². The third-order valence-electron chi connectivity index (χ3n) is 5.39.